The van der Waals surface area contributed by atoms with Crippen LogP contribution in [0.1, 0.15) is 32.3 Å². The maximum Gasteiger partial charge on any atom is 0.303 e. The predicted octanol–water partition coefficient (Wildman–Crippen LogP) is 2.13. The van der Waals surface area contributed by atoms with Crippen LogP contribution in [0.5, 0.6) is 0 Å². The van der Waals surface area contributed by atoms with Gasteiger partial charge in [-0.2, -0.15) is 0 Å². The van der Waals surface area contributed by atoms with Gasteiger partial charge in [0.2, 0.25) is 5.91 Å². The number of carbonyl (C=O) groups is 2. The zero-order valence-corrected chi connectivity index (χ0v) is 11.2. The number of carboxylic acids is 1. The Hall–Kier alpha value is -1.88. The van der Waals surface area contributed by atoms with Crippen molar-refractivity contribution in [3.63, 3.8) is 0 Å². The van der Waals surface area contributed by atoms with Crippen LogP contribution in [-0.4, -0.2) is 17.0 Å². The number of benzene rings is 1. The fraction of sp³-hybridized carbons (Fsp3) is 0.429. The topological polar surface area (TPSA) is 75.6 Å². The minimum atomic E-state index is -0.914. The maximum atomic E-state index is 11.6. The van der Waals surface area contributed by atoms with E-state index in [1.807, 2.05) is 30.3 Å². The van der Waals surface area contributed by atoms with Crippen LogP contribution < -0.4 is 5.48 Å². The van der Waals surface area contributed by atoms with Crippen LogP contribution in [0, 0.1) is 5.41 Å². The Kier molecular flexibility index (Phi) is 5.51. The van der Waals surface area contributed by atoms with Gasteiger partial charge in [0.25, 0.3) is 0 Å². The number of amides is 1. The van der Waals surface area contributed by atoms with Gasteiger partial charge < -0.3 is 5.11 Å². The molecule has 2 N–H and O–H groups in total. The molecule has 0 bridgehead atoms. The standard InChI is InChI=1S/C14H19NO4/c1-14(2,9-13(17)18)8-12(16)15-19-10-11-6-4-3-5-7-11/h3-7H,8-10H2,1-2H3,(H,15,16)(H,17,18). The Balaban J connectivity index is 2.30. The van der Waals surface area contributed by atoms with Crippen LogP contribution >= 0.6 is 0 Å². The summed E-state index contributed by atoms with van der Waals surface area (Å²) in [6, 6.07) is 9.45. The van der Waals surface area contributed by atoms with Gasteiger partial charge in [0.1, 0.15) is 0 Å². The summed E-state index contributed by atoms with van der Waals surface area (Å²) < 4.78 is 0. The smallest absolute Gasteiger partial charge is 0.303 e. The van der Waals surface area contributed by atoms with Crippen molar-refractivity contribution in [2.75, 3.05) is 0 Å². The number of carbonyl (C=O) groups excluding carboxylic acids is 1. The summed E-state index contributed by atoms with van der Waals surface area (Å²) in [5, 5.41) is 8.72. The Morgan fingerprint density at radius 3 is 2.42 bits per heavy atom. The highest BCUT2D eigenvalue weighted by molar-refractivity contribution is 5.76. The second-order valence-electron chi connectivity index (χ2n) is 5.21. The van der Waals surface area contributed by atoms with Crippen LogP contribution in [0.2, 0.25) is 0 Å². The molecule has 1 rings (SSSR count). The first-order chi connectivity index (χ1) is 8.89. The van der Waals surface area contributed by atoms with E-state index in [0.29, 0.717) is 0 Å². The third kappa shape index (κ3) is 6.57. The molecule has 0 aliphatic carbocycles. The van der Waals surface area contributed by atoms with Crippen molar-refractivity contribution < 1.29 is 19.5 Å². The molecule has 104 valence electrons. The molecular weight excluding hydrogens is 246 g/mol. The van der Waals surface area contributed by atoms with Crippen LogP contribution in [-0.2, 0) is 21.0 Å². The molecule has 0 aromatic heterocycles. The third-order valence-corrected chi connectivity index (χ3v) is 2.54. The highest BCUT2D eigenvalue weighted by atomic mass is 16.6. The summed E-state index contributed by atoms with van der Waals surface area (Å²) in [4.78, 5) is 27.3. The maximum absolute atomic E-state index is 11.6. The summed E-state index contributed by atoms with van der Waals surface area (Å²) >= 11 is 0. The minimum Gasteiger partial charge on any atom is -0.481 e. The first-order valence-electron chi connectivity index (χ1n) is 6.05. The van der Waals surface area contributed by atoms with Crippen LogP contribution in [0.4, 0.5) is 0 Å². The summed E-state index contributed by atoms with van der Waals surface area (Å²) in [5.74, 6) is -1.23. The molecule has 0 heterocycles. The van der Waals surface area contributed by atoms with E-state index in [-0.39, 0.29) is 25.4 Å². The molecule has 5 heteroatoms. The molecule has 0 atom stereocenters. The van der Waals surface area contributed by atoms with Gasteiger partial charge in [-0.3, -0.25) is 14.4 Å². The SMILES string of the molecule is CC(C)(CC(=O)O)CC(=O)NOCc1ccccc1. The lowest BCUT2D eigenvalue weighted by Crippen LogP contribution is -2.30. The Bertz CT molecular complexity index is 428. The normalized spacial score (nSPS) is 11.1. The molecule has 1 amide bonds. The van der Waals surface area contributed by atoms with Gasteiger partial charge in [-0.15, -0.1) is 0 Å². The number of hydrogen-bond donors (Lipinski definition) is 2. The molecule has 1 aromatic carbocycles. The van der Waals surface area contributed by atoms with Gasteiger partial charge >= 0.3 is 5.97 Å². The lowest BCUT2D eigenvalue weighted by molar-refractivity contribution is -0.141. The average molecular weight is 265 g/mol. The second kappa shape index (κ2) is 6.89. The highest BCUT2D eigenvalue weighted by Crippen LogP contribution is 2.24. The molecular formula is C14H19NO4. The van der Waals surface area contributed by atoms with E-state index in [1.165, 1.54) is 0 Å². The lowest BCUT2D eigenvalue weighted by Gasteiger charge is -2.21. The van der Waals surface area contributed by atoms with Gasteiger partial charge in [0, 0.05) is 6.42 Å². The van der Waals surface area contributed by atoms with Crippen molar-refractivity contribution >= 4 is 11.9 Å². The Labute approximate surface area is 112 Å². The number of aliphatic carboxylic acids is 1. The monoisotopic (exact) mass is 265 g/mol. The summed E-state index contributed by atoms with van der Waals surface area (Å²) in [5.41, 5.74) is 2.69. The van der Waals surface area contributed by atoms with Gasteiger partial charge in [-0.05, 0) is 11.0 Å². The lowest BCUT2D eigenvalue weighted by atomic mass is 9.85. The molecule has 0 fully saturated rings. The number of carboxylic acid groups (broad SMARTS) is 1. The highest BCUT2D eigenvalue weighted by Gasteiger charge is 2.25. The molecule has 5 nitrogen and oxygen atoms in total. The fourth-order valence-corrected chi connectivity index (χ4v) is 1.72. The van der Waals surface area contributed by atoms with Crippen molar-refractivity contribution in [1.29, 1.82) is 0 Å². The quantitative estimate of drug-likeness (QED) is 0.740. The van der Waals surface area contributed by atoms with E-state index in [9.17, 15) is 9.59 Å². The van der Waals surface area contributed by atoms with Crippen molar-refractivity contribution in [2.24, 2.45) is 5.41 Å². The van der Waals surface area contributed by atoms with Gasteiger partial charge in [-0.1, -0.05) is 44.2 Å². The molecule has 0 unspecified atom stereocenters. The van der Waals surface area contributed by atoms with Gasteiger partial charge in [0.15, 0.2) is 0 Å². The van der Waals surface area contributed by atoms with E-state index in [4.69, 9.17) is 9.94 Å². The fourth-order valence-electron chi connectivity index (χ4n) is 1.72. The molecule has 0 radical (unpaired) electrons. The van der Waals surface area contributed by atoms with Crippen molar-refractivity contribution in [3.8, 4) is 0 Å². The van der Waals surface area contributed by atoms with Gasteiger partial charge in [-0.25, -0.2) is 5.48 Å². The van der Waals surface area contributed by atoms with Crippen molar-refractivity contribution in [3.05, 3.63) is 35.9 Å². The minimum absolute atomic E-state index is 0.0564. The van der Waals surface area contributed by atoms with Gasteiger partial charge in [0.05, 0.1) is 13.0 Å². The number of hydroxylamine groups is 1. The summed E-state index contributed by atoms with van der Waals surface area (Å²) in [6.45, 7) is 3.75. The summed E-state index contributed by atoms with van der Waals surface area (Å²) in [6.07, 6.45) is 0.0488. The van der Waals surface area contributed by atoms with Crippen LogP contribution in [0.3, 0.4) is 0 Å². The molecule has 0 spiro atoms. The largest absolute Gasteiger partial charge is 0.481 e. The van der Waals surface area contributed by atoms with E-state index >= 15 is 0 Å². The number of hydrogen-bond acceptors (Lipinski definition) is 3. The molecule has 19 heavy (non-hydrogen) atoms. The molecule has 0 aliphatic rings. The zero-order chi connectivity index (χ0) is 14.3. The molecule has 0 saturated carbocycles. The van der Waals surface area contributed by atoms with E-state index in [2.05, 4.69) is 5.48 Å². The van der Waals surface area contributed by atoms with E-state index in [0.717, 1.165) is 5.56 Å². The number of nitrogens with one attached hydrogen (secondary N) is 1. The first kappa shape index (κ1) is 15.2. The van der Waals surface area contributed by atoms with Crippen LogP contribution in [0.15, 0.2) is 30.3 Å². The zero-order valence-electron chi connectivity index (χ0n) is 11.2. The predicted molar refractivity (Wildman–Crippen MR) is 70.0 cm³/mol. The molecule has 0 aliphatic heterocycles. The van der Waals surface area contributed by atoms with E-state index < -0.39 is 11.4 Å². The van der Waals surface area contributed by atoms with Crippen molar-refractivity contribution in [1.82, 2.24) is 5.48 Å². The first-order valence-corrected chi connectivity index (χ1v) is 6.05. The Morgan fingerprint density at radius 1 is 1.21 bits per heavy atom. The number of rotatable bonds is 7. The summed E-state index contributed by atoms with van der Waals surface area (Å²) in [7, 11) is 0. The third-order valence-electron chi connectivity index (χ3n) is 2.54. The average Bonchev–Trinajstić information content (AvgIpc) is 2.27. The van der Waals surface area contributed by atoms with Crippen LogP contribution in [0.25, 0.3) is 0 Å². The molecule has 1 aromatic rings. The Morgan fingerprint density at radius 2 is 1.84 bits per heavy atom. The molecule has 0 saturated heterocycles. The second-order valence-corrected chi connectivity index (χ2v) is 5.21. The van der Waals surface area contributed by atoms with E-state index in [1.54, 1.807) is 13.8 Å². The van der Waals surface area contributed by atoms with Crippen molar-refractivity contribution in [2.45, 2.75) is 33.3 Å².